The maximum atomic E-state index is 14.1. The van der Waals surface area contributed by atoms with Crippen molar-refractivity contribution in [3.63, 3.8) is 0 Å². The SMILES string of the molecule is Cc1c(C(F)(F)F)nnc(Oc2ccc(S(C)(=O)=O)c(F)n2)c1C(=O)Nc1cccc(S(C)(=O)=O)c1. The summed E-state index contributed by atoms with van der Waals surface area (Å²) >= 11 is 0. The van der Waals surface area contributed by atoms with Crippen LogP contribution in [0.1, 0.15) is 21.6 Å². The normalized spacial score (nSPS) is 12.3. The van der Waals surface area contributed by atoms with Crippen LogP contribution >= 0.6 is 0 Å². The smallest absolute Gasteiger partial charge is 0.418 e. The molecule has 0 spiro atoms. The number of carbonyl (C=O) groups is 1. The predicted octanol–water partition coefficient (Wildman–Crippen LogP) is 3.19. The van der Waals surface area contributed by atoms with Crippen molar-refractivity contribution in [1.29, 1.82) is 0 Å². The van der Waals surface area contributed by atoms with E-state index in [4.69, 9.17) is 4.74 Å². The van der Waals surface area contributed by atoms with E-state index in [-0.39, 0.29) is 10.6 Å². The molecule has 0 atom stereocenters. The Morgan fingerprint density at radius 2 is 1.67 bits per heavy atom. The van der Waals surface area contributed by atoms with Gasteiger partial charge in [-0.05, 0) is 36.8 Å². The van der Waals surface area contributed by atoms with Gasteiger partial charge in [-0.25, -0.2) is 16.8 Å². The van der Waals surface area contributed by atoms with Crippen molar-refractivity contribution in [3.8, 4) is 11.8 Å². The fourth-order valence-corrected chi connectivity index (χ4v) is 4.28. The van der Waals surface area contributed by atoms with E-state index in [0.717, 1.165) is 37.6 Å². The highest BCUT2D eigenvalue weighted by atomic mass is 32.2. The van der Waals surface area contributed by atoms with Crippen molar-refractivity contribution in [2.75, 3.05) is 17.8 Å². The zero-order valence-electron chi connectivity index (χ0n) is 18.6. The lowest BCUT2D eigenvalue weighted by atomic mass is 10.1. The largest absolute Gasteiger partial charge is 0.435 e. The number of hydrogen-bond donors (Lipinski definition) is 1. The number of aromatic nitrogens is 3. The van der Waals surface area contributed by atoms with Gasteiger partial charge in [-0.3, -0.25) is 4.79 Å². The first-order valence-corrected chi connectivity index (χ1v) is 13.4. The summed E-state index contributed by atoms with van der Waals surface area (Å²) < 4.78 is 106. The lowest BCUT2D eigenvalue weighted by Gasteiger charge is -2.16. The number of benzene rings is 1. The Morgan fingerprint density at radius 1 is 1.00 bits per heavy atom. The molecule has 3 aromatic rings. The van der Waals surface area contributed by atoms with Crippen LogP contribution in [-0.2, 0) is 25.9 Å². The lowest BCUT2D eigenvalue weighted by molar-refractivity contribution is -0.142. The van der Waals surface area contributed by atoms with Gasteiger partial charge in [0.25, 0.3) is 11.8 Å². The fourth-order valence-electron chi connectivity index (χ4n) is 2.94. The number of pyridine rings is 1. The third-order valence-electron chi connectivity index (χ3n) is 4.59. The number of anilines is 1. The number of halogens is 4. The van der Waals surface area contributed by atoms with Crippen molar-refractivity contribution in [2.45, 2.75) is 22.9 Å². The molecule has 10 nitrogen and oxygen atoms in total. The van der Waals surface area contributed by atoms with Crippen LogP contribution in [-0.4, -0.2) is 50.4 Å². The van der Waals surface area contributed by atoms with E-state index in [9.17, 15) is 39.2 Å². The first-order chi connectivity index (χ1) is 16.5. The Kier molecular flexibility index (Phi) is 7.05. The number of ether oxygens (including phenoxy) is 1. The molecule has 0 saturated carbocycles. The van der Waals surface area contributed by atoms with Crippen LogP contribution in [0, 0.1) is 12.9 Å². The third-order valence-corrected chi connectivity index (χ3v) is 6.80. The Labute approximate surface area is 202 Å². The van der Waals surface area contributed by atoms with Gasteiger partial charge in [0, 0.05) is 24.3 Å². The van der Waals surface area contributed by atoms with Gasteiger partial charge < -0.3 is 10.1 Å². The maximum Gasteiger partial charge on any atom is 0.435 e. The number of sulfone groups is 2. The summed E-state index contributed by atoms with van der Waals surface area (Å²) in [6.07, 6.45) is -3.34. The van der Waals surface area contributed by atoms with Crippen molar-refractivity contribution in [1.82, 2.24) is 15.2 Å². The van der Waals surface area contributed by atoms with Crippen molar-refractivity contribution < 1.29 is 43.9 Å². The molecule has 2 aromatic heterocycles. The summed E-state index contributed by atoms with van der Waals surface area (Å²) in [5, 5.41) is 8.60. The first-order valence-electron chi connectivity index (χ1n) is 9.59. The van der Waals surface area contributed by atoms with E-state index in [1.807, 2.05) is 0 Å². The monoisotopic (exact) mass is 548 g/mol. The van der Waals surface area contributed by atoms with Gasteiger partial charge in [0.15, 0.2) is 25.4 Å². The lowest BCUT2D eigenvalue weighted by Crippen LogP contribution is -2.21. The molecule has 0 aliphatic rings. The van der Waals surface area contributed by atoms with E-state index in [1.54, 1.807) is 0 Å². The summed E-state index contributed by atoms with van der Waals surface area (Å²) in [6, 6.07) is 6.66. The highest BCUT2D eigenvalue weighted by Crippen LogP contribution is 2.35. The van der Waals surface area contributed by atoms with E-state index in [2.05, 4.69) is 20.5 Å². The zero-order chi connectivity index (χ0) is 27.1. The molecule has 0 aliphatic carbocycles. The van der Waals surface area contributed by atoms with Crippen LogP contribution < -0.4 is 10.1 Å². The molecule has 192 valence electrons. The Morgan fingerprint density at radius 3 is 2.22 bits per heavy atom. The van der Waals surface area contributed by atoms with Gasteiger partial charge in [-0.15, -0.1) is 10.2 Å². The number of amides is 1. The van der Waals surface area contributed by atoms with Gasteiger partial charge in [-0.2, -0.15) is 22.5 Å². The van der Waals surface area contributed by atoms with Gasteiger partial charge in [-0.1, -0.05) is 6.07 Å². The molecule has 0 radical (unpaired) electrons. The van der Waals surface area contributed by atoms with Crippen LogP contribution in [0.4, 0.5) is 23.2 Å². The molecule has 1 N–H and O–H groups in total. The maximum absolute atomic E-state index is 14.1. The Bertz CT molecular complexity index is 1580. The number of alkyl halides is 3. The minimum absolute atomic E-state index is 0.0691. The summed E-state index contributed by atoms with van der Waals surface area (Å²) in [5.41, 5.74) is -3.02. The van der Waals surface area contributed by atoms with Gasteiger partial charge in [0.2, 0.25) is 11.8 Å². The molecule has 0 unspecified atom stereocenters. The van der Waals surface area contributed by atoms with Crippen LogP contribution in [0.15, 0.2) is 46.2 Å². The summed E-state index contributed by atoms with van der Waals surface area (Å²) in [6.45, 7) is 0.924. The van der Waals surface area contributed by atoms with Gasteiger partial charge >= 0.3 is 6.18 Å². The zero-order valence-corrected chi connectivity index (χ0v) is 20.2. The molecule has 3 rings (SSSR count). The topological polar surface area (TPSA) is 145 Å². The number of carbonyl (C=O) groups excluding carboxylic acids is 1. The molecular formula is C20H16F4N4O6S2. The second kappa shape index (κ2) is 9.42. The minimum Gasteiger partial charge on any atom is -0.418 e. The average Bonchev–Trinajstić information content (AvgIpc) is 2.71. The van der Waals surface area contributed by atoms with Gasteiger partial charge in [0.1, 0.15) is 10.5 Å². The fraction of sp³-hybridized carbons (Fsp3) is 0.200. The van der Waals surface area contributed by atoms with E-state index in [0.29, 0.717) is 0 Å². The summed E-state index contributed by atoms with van der Waals surface area (Å²) in [5.74, 6) is -4.05. The summed E-state index contributed by atoms with van der Waals surface area (Å²) in [7, 11) is -7.64. The third kappa shape index (κ3) is 5.93. The molecule has 1 aromatic carbocycles. The molecule has 2 heterocycles. The molecule has 36 heavy (non-hydrogen) atoms. The second-order valence-corrected chi connectivity index (χ2v) is 11.4. The Hall–Kier alpha value is -3.66. The van der Waals surface area contributed by atoms with E-state index >= 15 is 0 Å². The first kappa shape index (κ1) is 26.9. The minimum atomic E-state index is -5.00. The number of nitrogens with one attached hydrogen (secondary N) is 1. The molecular weight excluding hydrogens is 532 g/mol. The average molecular weight is 548 g/mol. The Balaban J connectivity index is 2.08. The standard InChI is InChI=1S/C20H16F4N4O6S2/c1-10-15(18(29)25-11-5-4-6-12(9-11)35(2,30)31)19(28-27-16(10)20(22,23)24)34-14-8-7-13(17(21)26-14)36(3,32)33/h4-9H,1-3H3,(H,25,29). The quantitative estimate of drug-likeness (QED) is 0.363. The van der Waals surface area contributed by atoms with Gasteiger partial charge in [0.05, 0.1) is 4.90 Å². The van der Waals surface area contributed by atoms with Crippen molar-refractivity contribution in [2.24, 2.45) is 0 Å². The predicted molar refractivity (Wildman–Crippen MR) is 117 cm³/mol. The van der Waals surface area contributed by atoms with Crippen LogP contribution in [0.3, 0.4) is 0 Å². The van der Waals surface area contributed by atoms with E-state index in [1.165, 1.54) is 18.2 Å². The second-order valence-electron chi connectivity index (χ2n) is 7.42. The highest BCUT2D eigenvalue weighted by molar-refractivity contribution is 7.91. The molecule has 16 heteroatoms. The van der Waals surface area contributed by atoms with Crippen molar-refractivity contribution in [3.05, 3.63) is 59.2 Å². The van der Waals surface area contributed by atoms with E-state index < -0.39 is 71.2 Å². The molecule has 1 amide bonds. The highest BCUT2D eigenvalue weighted by Gasteiger charge is 2.38. The molecule has 0 saturated heterocycles. The number of nitrogens with zero attached hydrogens (tertiary/aromatic N) is 3. The number of rotatable bonds is 6. The summed E-state index contributed by atoms with van der Waals surface area (Å²) in [4.78, 5) is 15.4. The van der Waals surface area contributed by atoms with Crippen LogP contribution in [0.5, 0.6) is 11.8 Å². The molecule has 0 fully saturated rings. The van der Waals surface area contributed by atoms with Crippen LogP contribution in [0.25, 0.3) is 0 Å². The van der Waals surface area contributed by atoms with Crippen molar-refractivity contribution >= 4 is 31.3 Å². The van der Waals surface area contributed by atoms with Crippen LogP contribution in [0.2, 0.25) is 0 Å². The molecule has 0 bridgehead atoms. The number of hydrogen-bond acceptors (Lipinski definition) is 9. The molecule has 0 aliphatic heterocycles.